The van der Waals surface area contributed by atoms with E-state index in [2.05, 4.69) is 4.90 Å². The van der Waals surface area contributed by atoms with Gasteiger partial charge in [0.25, 0.3) is 0 Å². The van der Waals surface area contributed by atoms with E-state index in [-0.39, 0.29) is 6.10 Å². The minimum Gasteiger partial charge on any atom is -0.392 e. The quantitative estimate of drug-likeness (QED) is 0.920. The Morgan fingerprint density at radius 3 is 2.84 bits per heavy atom. The van der Waals surface area contributed by atoms with Gasteiger partial charge in [-0.1, -0.05) is 0 Å². The summed E-state index contributed by atoms with van der Waals surface area (Å²) in [5.41, 5.74) is 0.446. The number of benzene rings is 1. The fourth-order valence-electron chi connectivity index (χ4n) is 2.71. The molecule has 1 aromatic heterocycles. The first-order chi connectivity index (χ1) is 9.13. The maximum Gasteiger partial charge on any atom is 0.150 e. The Hall–Kier alpha value is -1.46. The second-order valence-corrected chi connectivity index (χ2v) is 5.08. The number of likely N-dealkylation sites (tertiary alicyclic amines) is 1. The normalized spacial score (nSPS) is 20.5. The van der Waals surface area contributed by atoms with E-state index >= 15 is 0 Å². The van der Waals surface area contributed by atoms with Gasteiger partial charge in [-0.2, -0.15) is 0 Å². The molecule has 5 heteroatoms. The fraction of sp³-hybridized carbons (Fsp3) is 0.429. The van der Waals surface area contributed by atoms with Gasteiger partial charge in [-0.05, 0) is 18.6 Å². The van der Waals surface area contributed by atoms with Gasteiger partial charge < -0.3 is 9.67 Å². The molecule has 3 rings (SSSR count). The molecule has 0 radical (unpaired) electrons. The highest BCUT2D eigenvalue weighted by molar-refractivity contribution is 5.80. The van der Waals surface area contributed by atoms with Gasteiger partial charge >= 0.3 is 0 Å². The third-order valence-corrected chi connectivity index (χ3v) is 3.68. The van der Waals surface area contributed by atoms with Crippen molar-refractivity contribution >= 4 is 10.9 Å². The summed E-state index contributed by atoms with van der Waals surface area (Å²) in [6.07, 6.45) is 2.33. The van der Waals surface area contributed by atoms with Crippen LogP contribution >= 0.6 is 0 Å². The van der Waals surface area contributed by atoms with Crippen molar-refractivity contribution in [3.8, 4) is 0 Å². The highest BCUT2D eigenvalue weighted by Gasteiger charge is 2.19. The predicted octanol–water partition coefficient (Wildman–Crippen LogP) is 1.99. The number of aliphatic hydroxyl groups is 1. The van der Waals surface area contributed by atoms with Crippen LogP contribution in [0.5, 0.6) is 0 Å². The number of nitrogens with zero attached hydrogens (tertiary/aromatic N) is 2. The molecule has 0 spiro atoms. The summed E-state index contributed by atoms with van der Waals surface area (Å²) in [6, 6.07) is 3.98. The molecule has 1 aliphatic rings. The molecule has 102 valence electrons. The third kappa shape index (κ3) is 2.48. The molecular weight excluding hydrogens is 250 g/mol. The van der Waals surface area contributed by atoms with Gasteiger partial charge in [0.1, 0.15) is 11.6 Å². The van der Waals surface area contributed by atoms with Crippen molar-refractivity contribution < 1.29 is 13.9 Å². The van der Waals surface area contributed by atoms with Crippen molar-refractivity contribution in [2.75, 3.05) is 19.6 Å². The lowest BCUT2D eigenvalue weighted by atomic mass is 10.2. The number of aromatic nitrogens is 1. The summed E-state index contributed by atoms with van der Waals surface area (Å²) in [4.78, 5) is 2.15. The number of halogens is 2. The Labute approximate surface area is 110 Å². The second kappa shape index (κ2) is 4.90. The number of hydrogen-bond donors (Lipinski definition) is 1. The van der Waals surface area contributed by atoms with Gasteiger partial charge in [0.15, 0.2) is 0 Å². The molecular formula is C14H16F2N2O. The average Bonchev–Trinajstić information content (AvgIpc) is 2.93. The van der Waals surface area contributed by atoms with Crippen LogP contribution in [0.2, 0.25) is 0 Å². The molecule has 1 aliphatic heterocycles. The zero-order chi connectivity index (χ0) is 13.4. The van der Waals surface area contributed by atoms with Crippen LogP contribution in [0.1, 0.15) is 6.42 Å². The molecule has 19 heavy (non-hydrogen) atoms. The van der Waals surface area contributed by atoms with Crippen LogP contribution < -0.4 is 0 Å². The van der Waals surface area contributed by atoms with Crippen LogP contribution in [-0.2, 0) is 6.54 Å². The average molecular weight is 266 g/mol. The summed E-state index contributed by atoms with van der Waals surface area (Å²) in [5.74, 6) is -1.08. The van der Waals surface area contributed by atoms with Crippen molar-refractivity contribution in [3.05, 3.63) is 36.0 Å². The van der Waals surface area contributed by atoms with Crippen molar-refractivity contribution in [3.63, 3.8) is 0 Å². The van der Waals surface area contributed by atoms with E-state index in [1.54, 1.807) is 16.8 Å². The van der Waals surface area contributed by atoms with Gasteiger partial charge in [0.2, 0.25) is 0 Å². The molecule has 0 amide bonds. The molecule has 3 nitrogen and oxygen atoms in total. The van der Waals surface area contributed by atoms with Gasteiger partial charge in [0.05, 0.1) is 11.6 Å². The van der Waals surface area contributed by atoms with Crippen LogP contribution in [0.25, 0.3) is 10.9 Å². The smallest absolute Gasteiger partial charge is 0.150 e. The standard InChI is InChI=1S/C14H16F2N2O/c15-11-7-10-1-4-18(14(10)13(16)8-11)6-5-17-3-2-12(19)9-17/h1,4,7-8,12,19H,2-3,5-6,9H2. The SMILES string of the molecule is OC1CCN(CCn2ccc3cc(F)cc(F)c32)C1. The van der Waals surface area contributed by atoms with Crippen molar-refractivity contribution in [1.82, 2.24) is 9.47 Å². The molecule has 1 unspecified atom stereocenters. The second-order valence-electron chi connectivity index (χ2n) is 5.08. The number of fused-ring (bicyclic) bond motifs is 1. The van der Waals surface area contributed by atoms with E-state index in [0.29, 0.717) is 24.0 Å². The molecule has 1 fully saturated rings. The summed E-state index contributed by atoms with van der Waals surface area (Å²) < 4.78 is 28.7. The van der Waals surface area contributed by atoms with Crippen LogP contribution in [-0.4, -0.2) is 40.3 Å². The van der Waals surface area contributed by atoms with E-state index in [1.165, 1.54) is 6.07 Å². The number of rotatable bonds is 3. The van der Waals surface area contributed by atoms with E-state index in [0.717, 1.165) is 25.6 Å². The Kier molecular flexibility index (Phi) is 3.24. The number of β-amino-alcohol motifs (C(OH)–C–C–N with tert-alkyl or cyclic N) is 1. The fourth-order valence-corrected chi connectivity index (χ4v) is 2.71. The number of hydrogen-bond acceptors (Lipinski definition) is 2. The summed E-state index contributed by atoms with van der Waals surface area (Å²) in [5, 5.41) is 10.0. The van der Waals surface area contributed by atoms with Crippen LogP contribution in [0.3, 0.4) is 0 Å². The van der Waals surface area contributed by atoms with Gasteiger partial charge in [-0.15, -0.1) is 0 Å². The molecule has 1 atom stereocenters. The van der Waals surface area contributed by atoms with Crippen LogP contribution in [0.4, 0.5) is 8.78 Å². The van der Waals surface area contributed by atoms with Crippen molar-refractivity contribution in [1.29, 1.82) is 0 Å². The van der Waals surface area contributed by atoms with E-state index < -0.39 is 11.6 Å². The molecule has 2 aromatic rings. The molecule has 1 saturated heterocycles. The largest absolute Gasteiger partial charge is 0.392 e. The first-order valence-corrected chi connectivity index (χ1v) is 6.48. The third-order valence-electron chi connectivity index (χ3n) is 3.68. The topological polar surface area (TPSA) is 28.4 Å². The maximum absolute atomic E-state index is 13.8. The van der Waals surface area contributed by atoms with Crippen LogP contribution in [0.15, 0.2) is 24.4 Å². The molecule has 1 N–H and O–H groups in total. The predicted molar refractivity (Wildman–Crippen MR) is 68.9 cm³/mol. The molecule has 0 bridgehead atoms. The first kappa shape index (κ1) is 12.6. The van der Waals surface area contributed by atoms with Crippen molar-refractivity contribution in [2.45, 2.75) is 19.1 Å². The minimum absolute atomic E-state index is 0.243. The van der Waals surface area contributed by atoms with Crippen molar-refractivity contribution in [2.24, 2.45) is 0 Å². The van der Waals surface area contributed by atoms with E-state index in [4.69, 9.17) is 0 Å². The van der Waals surface area contributed by atoms with Gasteiger partial charge in [-0.3, -0.25) is 4.90 Å². The van der Waals surface area contributed by atoms with Crippen LogP contribution in [0, 0.1) is 11.6 Å². The van der Waals surface area contributed by atoms with E-state index in [1.807, 2.05) is 0 Å². The minimum atomic E-state index is -0.551. The first-order valence-electron chi connectivity index (χ1n) is 6.48. The Balaban J connectivity index is 1.78. The lowest BCUT2D eigenvalue weighted by Gasteiger charge is -2.15. The molecule has 0 saturated carbocycles. The Bertz CT molecular complexity index is 596. The summed E-state index contributed by atoms with van der Waals surface area (Å²) >= 11 is 0. The lowest BCUT2D eigenvalue weighted by molar-refractivity contribution is 0.175. The molecule has 0 aliphatic carbocycles. The highest BCUT2D eigenvalue weighted by atomic mass is 19.1. The Morgan fingerprint density at radius 2 is 2.11 bits per heavy atom. The Morgan fingerprint density at radius 1 is 1.26 bits per heavy atom. The zero-order valence-corrected chi connectivity index (χ0v) is 10.5. The monoisotopic (exact) mass is 266 g/mol. The number of aliphatic hydroxyl groups excluding tert-OH is 1. The molecule has 1 aromatic carbocycles. The zero-order valence-electron chi connectivity index (χ0n) is 10.5. The summed E-state index contributed by atoms with van der Waals surface area (Å²) in [7, 11) is 0. The highest BCUT2D eigenvalue weighted by Crippen LogP contribution is 2.21. The van der Waals surface area contributed by atoms with Gasteiger partial charge in [-0.25, -0.2) is 8.78 Å². The van der Waals surface area contributed by atoms with E-state index in [9.17, 15) is 13.9 Å². The summed E-state index contributed by atoms with van der Waals surface area (Å²) in [6.45, 7) is 2.95. The molecule has 2 heterocycles. The van der Waals surface area contributed by atoms with Gasteiger partial charge in [0, 0.05) is 43.8 Å². The lowest BCUT2D eigenvalue weighted by Crippen LogP contribution is -2.26. The maximum atomic E-state index is 13.8.